The molecule has 0 radical (unpaired) electrons. The molecule has 3 rings (SSSR count). The SMILES string of the molecule is C=CCN1CCN(C(=O)CC(C)C)C[C@H](Cc2cccc(-c3cccnc3)c2)C1=O. The summed E-state index contributed by atoms with van der Waals surface area (Å²) in [5.74, 6) is 0.275. The van der Waals surface area contributed by atoms with E-state index >= 15 is 0 Å². The van der Waals surface area contributed by atoms with Crippen molar-refractivity contribution in [2.75, 3.05) is 26.2 Å². The van der Waals surface area contributed by atoms with Crippen molar-refractivity contribution in [3.05, 3.63) is 67.0 Å². The van der Waals surface area contributed by atoms with E-state index in [0.717, 1.165) is 16.7 Å². The van der Waals surface area contributed by atoms with Crippen molar-refractivity contribution in [3.63, 3.8) is 0 Å². The minimum atomic E-state index is -0.257. The first kappa shape index (κ1) is 21.8. The maximum atomic E-state index is 13.2. The summed E-state index contributed by atoms with van der Waals surface area (Å²) >= 11 is 0. The number of benzene rings is 1. The highest BCUT2D eigenvalue weighted by Crippen LogP contribution is 2.23. The minimum Gasteiger partial charge on any atom is -0.340 e. The molecule has 2 amide bonds. The number of rotatable bonds is 7. The number of carbonyl (C=O) groups excluding carboxylic acids is 2. The highest BCUT2D eigenvalue weighted by Gasteiger charge is 2.32. The van der Waals surface area contributed by atoms with Gasteiger partial charge in [-0.1, -0.05) is 50.3 Å². The largest absolute Gasteiger partial charge is 0.340 e. The summed E-state index contributed by atoms with van der Waals surface area (Å²) in [5.41, 5.74) is 3.22. The molecule has 1 saturated heterocycles. The van der Waals surface area contributed by atoms with Crippen LogP contribution in [0.2, 0.25) is 0 Å². The average molecular weight is 406 g/mol. The molecule has 0 spiro atoms. The highest BCUT2D eigenvalue weighted by molar-refractivity contribution is 5.82. The van der Waals surface area contributed by atoms with E-state index in [-0.39, 0.29) is 17.7 Å². The van der Waals surface area contributed by atoms with Gasteiger partial charge < -0.3 is 9.80 Å². The molecule has 1 atom stereocenters. The Morgan fingerprint density at radius 2 is 2.03 bits per heavy atom. The molecule has 1 aliphatic heterocycles. The number of nitrogens with zero attached hydrogens (tertiary/aromatic N) is 3. The molecule has 2 heterocycles. The molecule has 1 aromatic heterocycles. The topological polar surface area (TPSA) is 53.5 Å². The molecule has 0 N–H and O–H groups in total. The molecular formula is C25H31N3O2. The first-order valence-electron chi connectivity index (χ1n) is 10.6. The van der Waals surface area contributed by atoms with E-state index in [1.165, 1.54) is 0 Å². The van der Waals surface area contributed by atoms with Crippen molar-refractivity contribution in [2.24, 2.45) is 11.8 Å². The van der Waals surface area contributed by atoms with Gasteiger partial charge in [-0.25, -0.2) is 0 Å². The normalized spacial score (nSPS) is 17.2. The minimum absolute atomic E-state index is 0.0986. The lowest BCUT2D eigenvalue weighted by molar-refractivity contribution is -0.134. The van der Waals surface area contributed by atoms with Crippen LogP contribution < -0.4 is 0 Å². The summed E-state index contributed by atoms with van der Waals surface area (Å²) in [6.07, 6.45) is 6.47. The summed E-state index contributed by atoms with van der Waals surface area (Å²) in [6, 6.07) is 12.2. The van der Waals surface area contributed by atoms with Crippen molar-refractivity contribution >= 4 is 11.8 Å². The highest BCUT2D eigenvalue weighted by atomic mass is 16.2. The van der Waals surface area contributed by atoms with Crippen LogP contribution in [0.3, 0.4) is 0 Å². The Balaban J connectivity index is 1.82. The van der Waals surface area contributed by atoms with Gasteiger partial charge in [0.15, 0.2) is 0 Å². The van der Waals surface area contributed by atoms with Gasteiger partial charge in [-0.2, -0.15) is 0 Å². The van der Waals surface area contributed by atoms with Gasteiger partial charge >= 0.3 is 0 Å². The van der Waals surface area contributed by atoms with E-state index < -0.39 is 0 Å². The number of pyridine rings is 1. The summed E-state index contributed by atoms with van der Waals surface area (Å²) < 4.78 is 0. The number of amides is 2. The van der Waals surface area contributed by atoms with Crippen molar-refractivity contribution < 1.29 is 9.59 Å². The predicted molar refractivity (Wildman–Crippen MR) is 120 cm³/mol. The average Bonchev–Trinajstić information content (AvgIpc) is 2.89. The number of hydrogen-bond donors (Lipinski definition) is 0. The Bertz CT molecular complexity index is 879. The van der Waals surface area contributed by atoms with Crippen LogP contribution in [-0.4, -0.2) is 52.8 Å². The zero-order valence-electron chi connectivity index (χ0n) is 18.0. The maximum absolute atomic E-state index is 13.2. The third-order valence-corrected chi connectivity index (χ3v) is 5.43. The van der Waals surface area contributed by atoms with E-state index in [2.05, 4.69) is 29.8 Å². The molecular weight excluding hydrogens is 374 g/mol. The lowest BCUT2D eigenvalue weighted by Crippen LogP contribution is -2.38. The van der Waals surface area contributed by atoms with Gasteiger partial charge in [0, 0.05) is 45.0 Å². The molecule has 0 unspecified atom stereocenters. The van der Waals surface area contributed by atoms with Gasteiger partial charge in [0.2, 0.25) is 11.8 Å². The Labute approximate surface area is 179 Å². The van der Waals surface area contributed by atoms with E-state index in [1.54, 1.807) is 12.3 Å². The molecule has 0 saturated carbocycles. The Morgan fingerprint density at radius 1 is 1.23 bits per heavy atom. The Kier molecular flexibility index (Phi) is 7.39. The smallest absolute Gasteiger partial charge is 0.228 e. The maximum Gasteiger partial charge on any atom is 0.228 e. The van der Waals surface area contributed by atoms with E-state index in [0.29, 0.717) is 44.9 Å². The summed E-state index contributed by atoms with van der Waals surface area (Å²) in [7, 11) is 0. The summed E-state index contributed by atoms with van der Waals surface area (Å²) in [5, 5.41) is 0. The molecule has 30 heavy (non-hydrogen) atoms. The number of carbonyl (C=O) groups is 2. The molecule has 5 nitrogen and oxygen atoms in total. The summed E-state index contributed by atoms with van der Waals surface area (Å²) in [4.78, 5) is 33.9. The molecule has 1 aliphatic rings. The van der Waals surface area contributed by atoms with E-state index in [1.807, 2.05) is 48.0 Å². The Morgan fingerprint density at radius 3 is 2.73 bits per heavy atom. The van der Waals surface area contributed by atoms with Crippen LogP contribution in [0, 0.1) is 11.8 Å². The molecule has 5 heteroatoms. The first-order chi connectivity index (χ1) is 14.5. The van der Waals surface area contributed by atoms with Crippen LogP contribution in [0.25, 0.3) is 11.1 Å². The fraction of sp³-hybridized carbons (Fsp3) is 0.400. The molecule has 1 fully saturated rings. The van der Waals surface area contributed by atoms with E-state index in [4.69, 9.17) is 0 Å². The number of aromatic nitrogens is 1. The van der Waals surface area contributed by atoms with Crippen LogP contribution in [0.1, 0.15) is 25.8 Å². The van der Waals surface area contributed by atoms with Gasteiger partial charge in [-0.05, 0) is 35.1 Å². The third kappa shape index (κ3) is 5.56. The van der Waals surface area contributed by atoms with Gasteiger partial charge in [0.05, 0.1) is 5.92 Å². The zero-order chi connectivity index (χ0) is 21.5. The monoisotopic (exact) mass is 405 g/mol. The molecule has 0 bridgehead atoms. The molecule has 2 aromatic rings. The van der Waals surface area contributed by atoms with Crippen LogP contribution in [-0.2, 0) is 16.0 Å². The van der Waals surface area contributed by atoms with Crippen LogP contribution in [0.15, 0.2) is 61.4 Å². The van der Waals surface area contributed by atoms with Gasteiger partial charge in [0.25, 0.3) is 0 Å². The second-order valence-corrected chi connectivity index (χ2v) is 8.35. The quantitative estimate of drug-likeness (QED) is 0.658. The van der Waals surface area contributed by atoms with Crippen LogP contribution in [0.5, 0.6) is 0 Å². The van der Waals surface area contributed by atoms with Gasteiger partial charge in [-0.15, -0.1) is 6.58 Å². The van der Waals surface area contributed by atoms with Crippen molar-refractivity contribution in [3.8, 4) is 11.1 Å². The van der Waals surface area contributed by atoms with Crippen LogP contribution >= 0.6 is 0 Å². The Hall–Kier alpha value is -2.95. The molecule has 1 aromatic carbocycles. The van der Waals surface area contributed by atoms with Gasteiger partial charge in [0.1, 0.15) is 0 Å². The van der Waals surface area contributed by atoms with Crippen molar-refractivity contribution in [1.29, 1.82) is 0 Å². The fourth-order valence-electron chi connectivity index (χ4n) is 3.93. The van der Waals surface area contributed by atoms with Crippen LogP contribution in [0.4, 0.5) is 0 Å². The lowest BCUT2D eigenvalue weighted by Gasteiger charge is -2.24. The zero-order valence-corrected chi connectivity index (χ0v) is 18.0. The molecule has 158 valence electrons. The molecule has 0 aliphatic carbocycles. The number of hydrogen-bond acceptors (Lipinski definition) is 3. The van der Waals surface area contributed by atoms with Crippen molar-refractivity contribution in [1.82, 2.24) is 14.8 Å². The second kappa shape index (κ2) is 10.2. The predicted octanol–water partition coefficient (Wildman–Crippen LogP) is 3.81. The standard InChI is InChI=1S/C25H31N3O2/c1-4-11-27-12-13-28(24(29)14-19(2)3)18-23(25(27)30)16-20-7-5-8-21(15-20)22-9-6-10-26-17-22/h4-10,15,17,19,23H,1,11-14,16,18H2,2-3H3/t23-/m0/s1. The lowest BCUT2D eigenvalue weighted by atomic mass is 9.95. The summed E-state index contributed by atoms with van der Waals surface area (Å²) in [6.45, 7) is 10.00. The van der Waals surface area contributed by atoms with E-state index in [9.17, 15) is 9.59 Å². The fourth-order valence-corrected chi connectivity index (χ4v) is 3.93. The first-order valence-corrected chi connectivity index (χ1v) is 10.6. The second-order valence-electron chi connectivity index (χ2n) is 8.35. The third-order valence-electron chi connectivity index (χ3n) is 5.43. The van der Waals surface area contributed by atoms with Gasteiger partial charge in [-0.3, -0.25) is 14.6 Å². The van der Waals surface area contributed by atoms with Crippen molar-refractivity contribution in [2.45, 2.75) is 26.7 Å².